The molecule has 6 heteroatoms. The zero-order valence-corrected chi connectivity index (χ0v) is 12.4. The van der Waals surface area contributed by atoms with Crippen molar-refractivity contribution < 1.29 is 9.66 Å². The van der Waals surface area contributed by atoms with Crippen molar-refractivity contribution in [1.29, 1.82) is 0 Å². The van der Waals surface area contributed by atoms with Crippen molar-refractivity contribution in [3.8, 4) is 0 Å². The zero-order valence-electron chi connectivity index (χ0n) is 10.8. The van der Waals surface area contributed by atoms with Crippen molar-refractivity contribution >= 4 is 21.6 Å². The van der Waals surface area contributed by atoms with Gasteiger partial charge in [0.1, 0.15) is 0 Å². The maximum absolute atomic E-state index is 10.9. The monoisotopic (exact) mass is 328 g/mol. The lowest BCUT2D eigenvalue weighted by molar-refractivity contribution is -0.385. The lowest BCUT2D eigenvalue weighted by Gasteiger charge is -2.28. The van der Waals surface area contributed by atoms with Crippen LogP contribution < -0.4 is 5.32 Å². The number of hydrogen-bond acceptors (Lipinski definition) is 4. The van der Waals surface area contributed by atoms with Crippen molar-refractivity contribution in [2.75, 3.05) is 6.61 Å². The smallest absolute Gasteiger partial charge is 0.283 e. The van der Waals surface area contributed by atoms with Gasteiger partial charge in [-0.3, -0.25) is 10.1 Å². The number of nitro benzene ring substituents is 1. The van der Waals surface area contributed by atoms with Crippen LogP contribution in [0.1, 0.15) is 25.3 Å². The third-order valence-electron chi connectivity index (χ3n) is 3.29. The van der Waals surface area contributed by atoms with Gasteiger partial charge in [-0.1, -0.05) is 6.07 Å². The van der Waals surface area contributed by atoms with Gasteiger partial charge in [0.05, 0.1) is 15.5 Å². The van der Waals surface area contributed by atoms with Gasteiger partial charge in [0, 0.05) is 25.3 Å². The average Bonchev–Trinajstić information content (AvgIpc) is 2.37. The van der Waals surface area contributed by atoms with Gasteiger partial charge >= 0.3 is 0 Å². The zero-order chi connectivity index (χ0) is 13.8. The summed E-state index contributed by atoms with van der Waals surface area (Å²) in [5.41, 5.74) is 1.04. The summed E-state index contributed by atoms with van der Waals surface area (Å²) in [5, 5.41) is 14.3. The predicted octanol–water partition coefficient (Wildman–Crippen LogP) is 3.01. The molecule has 2 rings (SSSR count). The molecule has 0 aromatic heterocycles. The summed E-state index contributed by atoms with van der Waals surface area (Å²) in [5.74, 6) is 0. The van der Waals surface area contributed by atoms with E-state index in [9.17, 15) is 10.1 Å². The van der Waals surface area contributed by atoms with Gasteiger partial charge in [-0.05, 0) is 47.3 Å². The summed E-state index contributed by atoms with van der Waals surface area (Å²) in [4.78, 5) is 10.5. The van der Waals surface area contributed by atoms with Crippen LogP contribution in [0.4, 0.5) is 5.69 Å². The quantitative estimate of drug-likeness (QED) is 0.681. The number of rotatable bonds is 4. The van der Waals surface area contributed by atoms with Crippen molar-refractivity contribution in [2.24, 2.45) is 0 Å². The van der Waals surface area contributed by atoms with Crippen molar-refractivity contribution in [1.82, 2.24) is 5.32 Å². The minimum atomic E-state index is -0.371. The standard InChI is InChI=1S/C13H17BrN2O3/c1-9-6-11(4-5-19-9)15-8-10-2-3-12(14)13(7-10)16(17)18/h2-3,7,9,11,15H,4-6,8H2,1H3. The number of nitrogens with zero attached hydrogens (tertiary/aromatic N) is 1. The van der Waals surface area contributed by atoms with Crippen molar-refractivity contribution in [2.45, 2.75) is 38.5 Å². The number of hydrogen-bond donors (Lipinski definition) is 1. The lowest BCUT2D eigenvalue weighted by atomic mass is 10.0. The highest BCUT2D eigenvalue weighted by molar-refractivity contribution is 9.10. The molecule has 104 valence electrons. The molecule has 1 saturated heterocycles. The van der Waals surface area contributed by atoms with Crippen molar-refractivity contribution in [3.05, 3.63) is 38.3 Å². The Morgan fingerprint density at radius 2 is 2.37 bits per heavy atom. The van der Waals surface area contributed by atoms with Gasteiger partial charge < -0.3 is 10.1 Å². The molecule has 0 saturated carbocycles. The van der Waals surface area contributed by atoms with E-state index in [4.69, 9.17) is 4.74 Å². The molecule has 0 bridgehead atoms. The fourth-order valence-electron chi connectivity index (χ4n) is 2.25. The topological polar surface area (TPSA) is 64.4 Å². The van der Waals surface area contributed by atoms with Crippen LogP contribution in [-0.4, -0.2) is 23.7 Å². The average molecular weight is 329 g/mol. The number of halogens is 1. The molecule has 0 amide bonds. The minimum Gasteiger partial charge on any atom is -0.378 e. The van der Waals surface area contributed by atoms with Crippen LogP contribution in [0.5, 0.6) is 0 Å². The second kappa shape index (κ2) is 6.45. The predicted molar refractivity (Wildman–Crippen MR) is 76.1 cm³/mol. The molecule has 5 nitrogen and oxygen atoms in total. The summed E-state index contributed by atoms with van der Waals surface area (Å²) in [6.07, 6.45) is 2.26. The Kier molecular flexibility index (Phi) is 4.90. The summed E-state index contributed by atoms with van der Waals surface area (Å²) in [6, 6.07) is 5.65. The second-order valence-electron chi connectivity index (χ2n) is 4.83. The normalized spacial score (nSPS) is 23.3. The highest BCUT2D eigenvalue weighted by atomic mass is 79.9. The van der Waals surface area contributed by atoms with E-state index >= 15 is 0 Å². The van der Waals surface area contributed by atoms with Crippen molar-refractivity contribution in [3.63, 3.8) is 0 Å². The van der Waals surface area contributed by atoms with E-state index in [-0.39, 0.29) is 16.7 Å². The van der Waals surface area contributed by atoms with Crippen LogP contribution in [0, 0.1) is 10.1 Å². The van der Waals surface area contributed by atoms with Gasteiger partial charge in [-0.2, -0.15) is 0 Å². The molecule has 1 N–H and O–H groups in total. The molecular formula is C13H17BrN2O3. The molecule has 1 heterocycles. The molecule has 2 atom stereocenters. The summed E-state index contributed by atoms with van der Waals surface area (Å²) in [7, 11) is 0. The van der Waals surface area contributed by atoms with E-state index in [1.807, 2.05) is 6.07 Å². The van der Waals surface area contributed by atoms with Crippen LogP contribution >= 0.6 is 15.9 Å². The molecule has 0 spiro atoms. The van der Waals surface area contributed by atoms with E-state index in [0.29, 0.717) is 17.1 Å². The fraction of sp³-hybridized carbons (Fsp3) is 0.538. The Morgan fingerprint density at radius 1 is 1.58 bits per heavy atom. The van der Waals surface area contributed by atoms with E-state index < -0.39 is 0 Å². The lowest BCUT2D eigenvalue weighted by Crippen LogP contribution is -2.37. The molecule has 1 aromatic carbocycles. The first-order chi connectivity index (χ1) is 9.06. The van der Waals surface area contributed by atoms with E-state index in [2.05, 4.69) is 28.2 Å². The summed E-state index contributed by atoms with van der Waals surface area (Å²) in [6.45, 7) is 3.49. The minimum absolute atomic E-state index is 0.111. The first-order valence-corrected chi connectivity index (χ1v) is 7.13. The number of nitrogens with one attached hydrogen (secondary N) is 1. The Hall–Kier alpha value is -0.980. The van der Waals surface area contributed by atoms with Crippen LogP contribution in [0.3, 0.4) is 0 Å². The Morgan fingerprint density at radius 3 is 3.05 bits per heavy atom. The maximum Gasteiger partial charge on any atom is 0.283 e. The molecule has 1 fully saturated rings. The highest BCUT2D eigenvalue weighted by Crippen LogP contribution is 2.25. The largest absolute Gasteiger partial charge is 0.378 e. The third kappa shape index (κ3) is 3.99. The molecule has 1 aliphatic heterocycles. The van der Waals surface area contributed by atoms with Crippen LogP contribution in [0.25, 0.3) is 0 Å². The van der Waals surface area contributed by atoms with Crippen LogP contribution in [-0.2, 0) is 11.3 Å². The fourth-order valence-corrected chi connectivity index (χ4v) is 2.65. The Labute approximate surface area is 120 Å². The van der Waals surface area contributed by atoms with E-state index in [1.54, 1.807) is 12.1 Å². The first kappa shape index (κ1) is 14.4. The maximum atomic E-state index is 10.9. The molecule has 1 aromatic rings. The first-order valence-electron chi connectivity index (χ1n) is 6.34. The van der Waals surface area contributed by atoms with Gasteiger partial charge in [-0.25, -0.2) is 0 Å². The molecule has 19 heavy (non-hydrogen) atoms. The number of ether oxygens (including phenoxy) is 1. The molecule has 0 radical (unpaired) electrons. The number of nitro groups is 1. The van der Waals surface area contributed by atoms with E-state index in [1.165, 1.54) is 0 Å². The van der Waals surface area contributed by atoms with Gasteiger partial charge in [0.15, 0.2) is 0 Å². The highest BCUT2D eigenvalue weighted by Gasteiger charge is 2.19. The number of benzene rings is 1. The molecule has 2 unspecified atom stereocenters. The van der Waals surface area contributed by atoms with Gasteiger partial charge in [0.25, 0.3) is 5.69 Å². The van der Waals surface area contributed by atoms with Gasteiger partial charge in [-0.15, -0.1) is 0 Å². The SMILES string of the molecule is CC1CC(NCc2ccc(Br)c([N+](=O)[O-])c2)CCO1. The molecular weight excluding hydrogens is 312 g/mol. The van der Waals surface area contributed by atoms with Crippen LogP contribution in [0.2, 0.25) is 0 Å². The third-order valence-corrected chi connectivity index (χ3v) is 3.96. The van der Waals surface area contributed by atoms with E-state index in [0.717, 1.165) is 25.0 Å². The van der Waals surface area contributed by atoms with Gasteiger partial charge in [0.2, 0.25) is 0 Å². The summed E-state index contributed by atoms with van der Waals surface area (Å²) >= 11 is 3.19. The van der Waals surface area contributed by atoms with Crippen LogP contribution in [0.15, 0.2) is 22.7 Å². The molecule has 0 aliphatic carbocycles. The Balaban J connectivity index is 1.96. The summed E-state index contributed by atoms with van der Waals surface area (Å²) < 4.78 is 6.01. The second-order valence-corrected chi connectivity index (χ2v) is 5.68. The molecule has 1 aliphatic rings. The Bertz CT molecular complexity index is 467.